The molecule has 2 N–H and O–H groups in total. The van der Waals surface area contributed by atoms with Crippen molar-refractivity contribution in [3.05, 3.63) is 46.2 Å². The Labute approximate surface area is 119 Å². The molecule has 102 valence electrons. The fourth-order valence-electron chi connectivity index (χ4n) is 2.24. The smallest absolute Gasteiger partial charge is 0.0649 e. The van der Waals surface area contributed by atoms with Gasteiger partial charge in [-0.3, -0.25) is 0 Å². The van der Waals surface area contributed by atoms with Gasteiger partial charge in [-0.15, -0.1) is 0 Å². The van der Waals surface area contributed by atoms with Gasteiger partial charge in [0, 0.05) is 10.7 Å². The highest BCUT2D eigenvalue weighted by Crippen LogP contribution is 2.21. The second-order valence-electron chi connectivity index (χ2n) is 5.08. The van der Waals surface area contributed by atoms with Crippen molar-refractivity contribution in [2.45, 2.75) is 27.2 Å². The van der Waals surface area contributed by atoms with Crippen LogP contribution in [0.25, 0.3) is 5.69 Å². The highest BCUT2D eigenvalue weighted by atomic mass is 35.5. The molecule has 2 rings (SSSR count). The molecule has 4 heteroatoms. The van der Waals surface area contributed by atoms with Crippen molar-refractivity contribution in [2.75, 3.05) is 6.54 Å². The Morgan fingerprint density at radius 3 is 2.47 bits per heavy atom. The Morgan fingerprint density at radius 2 is 1.89 bits per heavy atom. The largest absolute Gasteiger partial charge is 0.330 e. The molecule has 0 amide bonds. The van der Waals surface area contributed by atoms with E-state index in [2.05, 4.69) is 25.9 Å². The van der Waals surface area contributed by atoms with Crippen molar-refractivity contribution in [1.29, 1.82) is 0 Å². The number of hydrogen-bond donors (Lipinski definition) is 1. The SMILES string of the molecule is Cc1nn(-c2ccc(Cl)cc2)c(C)c1CC(C)CN. The minimum atomic E-state index is 0.472. The molecular formula is C15H20ClN3. The van der Waals surface area contributed by atoms with E-state index >= 15 is 0 Å². The number of nitrogens with zero attached hydrogens (tertiary/aromatic N) is 2. The summed E-state index contributed by atoms with van der Waals surface area (Å²) in [6.07, 6.45) is 0.974. The van der Waals surface area contributed by atoms with Gasteiger partial charge in [-0.05, 0) is 62.6 Å². The summed E-state index contributed by atoms with van der Waals surface area (Å²) < 4.78 is 1.98. The molecule has 0 saturated carbocycles. The Balaban J connectivity index is 2.38. The molecule has 1 aromatic heterocycles. The number of rotatable bonds is 4. The topological polar surface area (TPSA) is 43.8 Å². The maximum Gasteiger partial charge on any atom is 0.0649 e. The Bertz CT molecular complexity index is 558. The summed E-state index contributed by atoms with van der Waals surface area (Å²) in [6.45, 7) is 7.02. The van der Waals surface area contributed by atoms with Gasteiger partial charge in [0.2, 0.25) is 0 Å². The van der Waals surface area contributed by atoms with E-state index in [9.17, 15) is 0 Å². The zero-order chi connectivity index (χ0) is 14.0. The van der Waals surface area contributed by atoms with Crippen LogP contribution in [0.15, 0.2) is 24.3 Å². The summed E-state index contributed by atoms with van der Waals surface area (Å²) in [5.74, 6) is 0.472. The number of benzene rings is 1. The minimum absolute atomic E-state index is 0.472. The predicted molar refractivity (Wildman–Crippen MR) is 80.0 cm³/mol. The van der Waals surface area contributed by atoms with Gasteiger partial charge < -0.3 is 5.73 Å². The van der Waals surface area contributed by atoms with Gasteiger partial charge in [0.05, 0.1) is 11.4 Å². The first-order valence-electron chi connectivity index (χ1n) is 6.54. The van der Waals surface area contributed by atoms with E-state index in [4.69, 9.17) is 17.3 Å². The Morgan fingerprint density at radius 1 is 1.26 bits per heavy atom. The normalized spacial score (nSPS) is 12.7. The van der Waals surface area contributed by atoms with Crippen LogP contribution in [0.3, 0.4) is 0 Å². The molecule has 3 nitrogen and oxygen atoms in total. The molecule has 0 fully saturated rings. The monoisotopic (exact) mass is 277 g/mol. The molecule has 0 bridgehead atoms. The van der Waals surface area contributed by atoms with E-state index in [0.717, 1.165) is 22.8 Å². The van der Waals surface area contributed by atoms with E-state index < -0.39 is 0 Å². The van der Waals surface area contributed by atoms with E-state index in [1.54, 1.807) is 0 Å². The molecule has 0 spiro atoms. The third kappa shape index (κ3) is 2.99. The summed E-state index contributed by atoms with van der Waals surface area (Å²) in [5.41, 5.74) is 10.3. The average molecular weight is 278 g/mol. The van der Waals surface area contributed by atoms with Crippen LogP contribution < -0.4 is 5.73 Å². The Hall–Kier alpha value is -1.32. The molecule has 1 heterocycles. The molecule has 0 saturated heterocycles. The van der Waals surface area contributed by atoms with Crippen molar-refractivity contribution >= 4 is 11.6 Å². The van der Waals surface area contributed by atoms with Gasteiger partial charge in [0.25, 0.3) is 0 Å². The van der Waals surface area contributed by atoms with Crippen LogP contribution >= 0.6 is 11.6 Å². The lowest BCUT2D eigenvalue weighted by atomic mass is 10.00. The third-order valence-electron chi connectivity index (χ3n) is 3.47. The second-order valence-corrected chi connectivity index (χ2v) is 5.52. The number of aryl methyl sites for hydroxylation is 1. The number of nitrogens with two attached hydrogens (primary N) is 1. The highest BCUT2D eigenvalue weighted by Gasteiger charge is 2.14. The Kier molecular flexibility index (Phi) is 4.27. The lowest BCUT2D eigenvalue weighted by Gasteiger charge is -2.09. The first-order chi connectivity index (χ1) is 9.02. The fourth-order valence-corrected chi connectivity index (χ4v) is 2.36. The quantitative estimate of drug-likeness (QED) is 0.932. The molecule has 0 aliphatic heterocycles. The van der Waals surface area contributed by atoms with Crippen LogP contribution in [0.5, 0.6) is 0 Å². The van der Waals surface area contributed by atoms with Crippen LogP contribution in [0.2, 0.25) is 5.02 Å². The van der Waals surface area contributed by atoms with E-state index in [1.165, 1.54) is 11.3 Å². The van der Waals surface area contributed by atoms with Crippen LogP contribution in [-0.2, 0) is 6.42 Å². The molecular weight excluding hydrogens is 258 g/mol. The lowest BCUT2D eigenvalue weighted by molar-refractivity contribution is 0.589. The van der Waals surface area contributed by atoms with E-state index in [1.807, 2.05) is 28.9 Å². The van der Waals surface area contributed by atoms with Crippen LogP contribution in [0.4, 0.5) is 0 Å². The standard InChI is InChI=1S/C15H20ClN3/c1-10(9-17)8-15-11(2)18-19(12(15)3)14-6-4-13(16)5-7-14/h4-7,10H,8-9,17H2,1-3H3. The first kappa shape index (κ1) is 14.1. The number of halogens is 1. The maximum atomic E-state index is 5.92. The summed E-state index contributed by atoms with van der Waals surface area (Å²) >= 11 is 5.92. The summed E-state index contributed by atoms with van der Waals surface area (Å²) in [5, 5.41) is 5.37. The van der Waals surface area contributed by atoms with E-state index in [0.29, 0.717) is 12.5 Å². The molecule has 0 aliphatic carbocycles. The third-order valence-corrected chi connectivity index (χ3v) is 3.72. The molecule has 1 atom stereocenters. The number of hydrogen-bond acceptors (Lipinski definition) is 2. The van der Waals surface area contributed by atoms with Crippen molar-refractivity contribution in [3.8, 4) is 5.69 Å². The zero-order valence-electron chi connectivity index (χ0n) is 11.7. The summed E-state index contributed by atoms with van der Waals surface area (Å²) in [7, 11) is 0. The van der Waals surface area contributed by atoms with Crippen LogP contribution in [0.1, 0.15) is 23.9 Å². The molecule has 1 aromatic carbocycles. The van der Waals surface area contributed by atoms with Gasteiger partial charge in [-0.25, -0.2) is 4.68 Å². The average Bonchev–Trinajstić information content (AvgIpc) is 2.67. The zero-order valence-corrected chi connectivity index (χ0v) is 12.4. The van der Waals surface area contributed by atoms with Gasteiger partial charge in [0.1, 0.15) is 0 Å². The highest BCUT2D eigenvalue weighted by molar-refractivity contribution is 6.30. The maximum absolute atomic E-state index is 5.92. The van der Waals surface area contributed by atoms with Crippen molar-refractivity contribution in [1.82, 2.24) is 9.78 Å². The van der Waals surface area contributed by atoms with Crippen molar-refractivity contribution in [3.63, 3.8) is 0 Å². The number of aromatic nitrogens is 2. The predicted octanol–water partition coefficient (Wildman–Crippen LogP) is 3.28. The lowest BCUT2D eigenvalue weighted by Crippen LogP contribution is -2.14. The van der Waals surface area contributed by atoms with Crippen molar-refractivity contribution in [2.24, 2.45) is 11.7 Å². The molecule has 0 radical (unpaired) electrons. The second kappa shape index (κ2) is 5.76. The van der Waals surface area contributed by atoms with Crippen LogP contribution in [-0.4, -0.2) is 16.3 Å². The molecule has 1 unspecified atom stereocenters. The minimum Gasteiger partial charge on any atom is -0.330 e. The van der Waals surface area contributed by atoms with Gasteiger partial charge in [0.15, 0.2) is 0 Å². The molecule has 0 aliphatic rings. The summed E-state index contributed by atoms with van der Waals surface area (Å²) in [4.78, 5) is 0. The molecule has 19 heavy (non-hydrogen) atoms. The first-order valence-corrected chi connectivity index (χ1v) is 6.91. The summed E-state index contributed by atoms with van der Waals surface area (Å²) in [6, 6.07) is 7.74. The van der Waals surface area contributed by atoms with Crippen LogP contribution in [0, 0.1) is 19.8 Å². The van der Waals surface area contributed by atoms with Crippen molar-refractivity contribution < 1.29 is 0 Å². The molecule has 2 aromatic rings. The van der Waals surface area contributed by atoms with E-state index in [-0.39, 0.29) is 0 Å². The van der Waals surface area contributed by atoms with Gasteiger partial charge >= 0.3 is 0 Å². The van der Waals surface area contributed by atoms with Gasteiger partial charge in [-0.1, -0.05) is 18.5 Å². The fraction of sp³-hybridized carbons (Fsp3) is 0.400. The van der Waals surface area contributed by atoms with Gasteiger partial charge in [-0.2, -0.15) is 5.10 Å².